The second-order valence-corrected chi connectivity index (χ2v) is 8.18. The van der Waals surface area contributed by atoms with Gasteiger partial charge in [-0.15, -0.1) is 0 Å². The summed E-state index contributed by atoms with van der Waals surface area (Å²) < 4.78 is 0. The summed E-state index contributed by atoms with van der Waals surface area (Å²) in [5.41, 5.74) is 2.27. The molecule has 0 N–H and O–H groups in total. The molecule has 2 aliphatic rings. The smallest absolute Gasteiger partial charge is 0.240 e. The molecule has 1 aromatic heterocycles. The van der Waals surface area contributed by atoms with Crippen molar-refractivity contribution in [1.82, 2.24) is 19.7 Å². The minimum absolute atomic E-state index is 0.0462. The number of aromatic nitrogens is 1. The van der Waals surface area contributed by atoms with Crippen LogP contribution in [0.4, 0.5) is 0 Å². The molecule has 1 atom stereocenters. The maximum absolute atomic E-state index is 13.1. The first kappa shape index (κ1) is 20.5. The molecule has 0 aliphatic carbocycles. The van der Waals surface area contributed by atoms with Gasteiger partial charge in [0.15, 0.2) is 0 Å². The average Bonchev–Trinajstić information content (AvgIpc) is 2.80. The molecule has 2 aliphatic heterocycles. The first-order valence-corrected chi connectivity index (χ1v) is 10.9. The maximum Gasteiger partial charge on any atom is 0.240 e. The van der Waals surface area contributed by atoms with E-state index < -0.39 is 0 Å². The largest absolute Gasteiger partial charge is 0.340 e. The fraction of sp³-hybridized carbons (Fsp3) is 0.458. The van der Waals surface area contributed by atoms with E-state index in [4.69, 9.17) is 0 Å². The Bertz CT molecular complexity index is 835. The predicted molar refractivity (Wildman–Crippen MR) is 116 cm³/mol. The van der Waals surface area contributed by atoms with E-state index in [1.807, 2.05) is 46.3 Å². The van der Waals surface area contributed by atoms with Gasteiger partial charge in [0.25, 0.3) is 0 Å². The molecule has 1 aromatic carbocycles. The lowest BCUT2D eigenvalue weighted by molar-refractivity contribution is -0.143. The normalized spacial score (nSPS) is 20.4. The van der Waals surface area contributed by atoms with Crippen molar-refractivity contribution >= 4 is 11.8 Å². The van der Waals surface area contributed by atoms with Crippen LogP contribution in [-0.2, 0) is 22.6 Å². The highest BCUT2D eigenvalue weighted by atomic mass is 16.2. The Labute approximate surface area is 178 Å². The molecule has 0 unspecified atom stereocenters. The molecule has 2 amide bonds. The lowest BCUT2D eigenvalue weighted by atomic mass is 10.0. The number of rotatable bonds is 6. The van der Waals surface area contributed by atoms with E-state index in [1.54, 1.807) is 6.20 Å². The van der Waals surface area contributed by atoms with Crippen molar-refractivity contribution in [3.05, 3.63) is 66.0 Å². The van der Waals surface area contributed by atoms with Crippen LogP contribution in [0.25, 0.3) is 0 Å². The minimum atomic E-state index is -0.0462. The average molecular weight is 407 g/mol. The number of benzene rings is 1. The Balaban J connectivity index is 1.27. The van der Waals surface area contributed by atoms with Crippen LogP contribution in [0, 0.1) is 0 Å². The lowest BCUT2D eigenvalue weighted by Crippen LogP contribution is -2.58. The van der Waals surface area contributed by atoms with Gasteiger partial charge < -0.3 is 9.80 Å². The first-order valence-electron chi connectivity index (χ1n) is 10.9. The summed E-state index contributed by atoms with van der Waals surface area (Å²) in [4.78, 5) is 36.0. The summed E-state index contributed by atoms with van der Waals surface area (Å²) in [5.74, 6) is 0.431. The van der Waals surface area contributed by atoms with Gasteiger partial charge in [0, 0.05) is 58.1 Å². The molecule has 4 rings (SSSR count). The second kappa shape index (κ2) is 9.85. The highest BCUT2D eigenvalue weighted by Gasteiger charge is 2.35. The number of hydrogen-bond donors (Lipinski definition) is 0. The Morgan fingerprint density at radius 2 is 1.73 bits per heavy atom. The Morgan fingerprint density at radius 1 is 0.967 bits per heavy atom. The van der Waals surface area contributed by atoms with E-state index >= 15 is 0 Å². The fourth-order valence-corrected chi connectivity index (χ4v) is 4.46. The third-order valence-electron chi connectivity index (χ3n) is 6.18. The molecule has 30 heavy (non-hydrogen) atoms. The number of piperazine rings is 1. The summed E-state index contributed by atoms with van der Waals surface area (Å²) >= 11 is 0. The van der Waals surface area contributed by atoms with Crippen LogP contribution in [0.2, 0.25) is 0 Å². The molecule has 0 saturated carbocycles. The monoisotopic (exact) mass is 406 g/mol. The number of carbonyl (C=O) groups is 2. The molecule has 2 aromatic rings. The highest BCUT2D eigenvalue weighted by molar-refractivity contribution is 5.82. The number of piperidine rings is 1. The van der Waals surface area contributed by atoms with Crippen molar-refractivity contribution in [3.8, 4) is 0 Å². The third kappa shape index (κ3) is 5.05. The van der Waals surface area contributed by atoms with Crippen molar-refractivity contribution in [2.24, 2.45) is 0 Å². The number of pyridine rings is 1. The number of amides is 2. The number of nitrogens with zero attached hydrogens (tertiary/aromatic N) is 4. The summed E-state index contributed by atoms with van der Waals surface area (Å²) in [6.07, 6.45) is 6.76. The molecule has 6 heteroatoms. The van der Waals surface area contributed by atoms with Crippen LogP contribution in [-0.4, -0.2) is 70.3 Å². The van der Waals surface area contributed by atoms with Gasteiger partial charge in [0.05, 0.1) is 6.04 Å². The Hall–Kier alpha value is -2.73. The number of aryl methyl sites for hydroxylation is 1. The van der Waals surface area contributed by atoms with Gasteiger partial charge in [-0.25, -0.2) is 0 Å². The van der Waals surface area contributed by atoms with Crippen LogP contribution < -0.4 is 0 Å². The molecule has 158 valence electrons. The van der Waals surface area contributed by atoms with Crippen LogP contribution in [0.3, 0.4) is 0 Å². The van der Waals surface area contributed by atoms with Crippen LogP contribution in [0.15, 0.2) is 54.9 Å². The quantitative estimate of drug-likeness (QED) is 0.739. The van der Waals surface area contributed by atoms with Gasteiger partial charge >= 0.3 is 0 Å². The molecule has 0 radical (unpaired) electrons. The SMILES string of the molecule is O=C(CCc1cccnc1)N1CCN([C@@H]2CCCN(Cc3ccccc3)C2=O)CC1. The lowest BCUT2D eigenvalue weighted by Gasteiger charge is -2.42. The summed E-state index contributed by atoms with van der Waals surface area (Å²) in [6.45, 7) is 4.46. The third-order valence-corrected chi connectivity index (χ3v) is 6.18. The van der Waals surface area contributed by atoms with Crippen LogP contribution in [0.1, 0.15) is 30.4 Å². The predicted octanol–water partition coefficient (Wildman–Crippen LogP) is 2.35. The number of carbonyl (C=O) groups excluding carboxylic acids is 2. The maximum atomic E-state index is 13.1. The van der Waals surface area contributed by atoms with Crippen molar-refractivity contribution in [1.29, 1.82) is 0 Å². The van der Waals surface area contributed by atoms with Crippen LogP contribution in [0.5, 0.6) is 0 Å². The summed E-state index contributed by atoms with van der Waals surface area (Å²) in [5, 5.41) is 0. The van der Waals surface area contributed by atoms with Gasteiger partial charge in [0.2, 0.25) is 11.8 Å². The van der Waals surface area contributed by atoms with E-state index in [1.165, 1.54) is 5.56 Å². The molecule has 0 bridgehead atoms. The highest BCUT2D eigenvalue weighted by Crippen LogP contribution is 2.21. The van der Waals surface area contributed by atoms with Crippen molar-refractivity contribution in [2.75, 3.05) is 32.7 Å². The summed E-state index contributed by atoms with van der Waals surface area (Å²) in [7, 11) is 0. The van der Waals surface area contributed by atoms with Crippen molar-refractivity contribution in [3.63, 3.8) is 0 Å². The van der Waals surface area contributed by atoms with Gasteiger partial charge in [-0.05, 0) is 36.5 Å². The molecule has 6 nitrogen and oxygen atoms in total. The van der Waals surface area contributed by atoms with Gasteiger partial charge in [-0.2, -0.15) is 0 Å². The van der Waals surface area contributed by atoms with Crippen molar-refractivity contribution < 1.29 is 9.59 Å². The van der Waals surface area contributed by atoms with Gasteiger partial charge in [-0.3, -0.25) is 19.5 Å². The zero-order valence-corrected chi connectivity index (χ0v) is 17.4. The van der Waals surface area contributed by atoms with E-state index in [-0.39, 0.29) is 17.9 Å². The molecular formula is C24H30N4O2. The molecule has 2 saturated heterocycles. The van der Waals surface area contributed by atoms with E-state index in [0.29, 0.717) is 26.1 Å². The number of hydrogen-bond acceptors (Lipinski definition) is 4. The zero-order valence-electron chi connectivity index (χ0n) is 17.4. The van der Waals surface area contributed by atoms with E-state index in [9.17, 15) is 9.59 Å². The van der Waals surface area contributed by atoms with E-state index in [2.05, 4.69) is 22.0 Å². The zero-order chi connectivity index (χ0) is 20.8. The Morgan fingerprint density at radius 3 is 2.47 bits per heavy atom. The first-order chi connectivity index (χ1) is 14.7. The molecule has 0 spiro atoms. The molecule has 2 fully saturated rings. The number of likely N-dealkylation sites (tertiary alicyclic amines) is 1. The molecular weight excluding hydrogens is 376 g/mol. The Kier molecular flexibility index (Phi) is 6.74. The topological polar surface area (TPSA) is 56.8 Å². The van der Waals surface area contributed by atoms with E-state index in [0.717, 1.165) is 44.5 Å². The second-order valence-electron chi connectivity index (χ2n) is 8.18. The van der Waals surface area contributed by atoms with Gasteiger partial charge in [0.1, 0.15) is 0 Å². The van der Waals surface area contributed by atoms with Gasteiger partial charge in [-0.1, -0.05) is 36.4 Å². The standard InChI is InChI=1S/C24H30N4O2/c29-23(11-10-20-8-4-12-25-18-20)27-16-14-26(15-17-27)22-9-5-13-28(24(22)30)19-21-6-2-1-3-7-21/h1-4,6-8,12,18,22H,5,9-11,13-17,19H2/t22-/m1/s1. The van der Waals surface area contributed by atoms with Crippen LogP contribution >= 0.6 is 0 Å². The molecule has 3 heterocycles. The summed E-state index contributed by atoms with van der Waals surface area (Å²) in [6, 6.07) is 14.1. The fourth-order valence-electron chi connectivity index (χ4n) is 4.46. The minimum Gasteiger partial charge on any atom is -0.340 e. The van der Waals surface area contributed by atoms with Crippen molar-refractivity contribution in [2.45, 2.75) is 38.3 Å².